The molecule has 2 heterocycles. The van der Waals surface area contributed by atoms with Gasteiger partial charge in [0.15, 0.2) is 0 Å². The van der Waals surface area contributed by atoms with Crippen LogP contribution in [0.4, 0.5) is 0 Å². The van der Waals surface area contributed by atoms with Gasteiger partial charge < -0.3 is 24.8 Å². The van der Waals surface area contributed by atoms with Crippen LogP contribution in [0.5, 0.6) is 0 Å². The van der Waals surface area contributed by atoms with E-state index in [1.807, 2.05) is 6.20 Å². The zero-order valence-electron chi connectivity index (χ0n) is 16.4. The van der Waals surface area contributed by atoms with Crippen molar-refractivity contribution >= 4 is 25.1 Å². The third-order valence-corrected chi connectivity index (χ3v) is 7.82. The van der Waals surface area contributed by atoms with Gasteiger partial charge in [-0.3, -0.25) is 0 Å². The van der Waals surface area contributed by atoms with Crippen molar-refractivity contribution in [3.05, 3.63) is 100 Å². The molecule has 1 unspecified atom stereocenters. The third kappa shape index (κ3) is 5.36. The summed E-state index contributed by atoms with van der Waals surface area (Å²) in [4.78, 5) is 4.54. The van der Waals surface area contributed by atoms with Crippen molar-refractivity contribution in [1.82, 2.24) is 4.98 Å². The van der Waals surface area contributed by atoms with Crippen LogP contribution in [-0.4, -0.2) is 10.3 Å². The summed E-state index contributed by atoms with van der Waals surface area (Å²) in [5.41, 5.74) is 7.93. The van der Waals surface area contributed by atoms with Crippen molar-refractivity contribution in [3.8, 4) is 0 Å². The van der Waals surface area contributed by atoms with E-state index in [1.165, 1.54) is 72.5 Å². The summed E-state index contributed by atoms with van der Waals surface area (Å²) < 4.78 is 0.536. The second-order valence-corrected chi connectivity index (χ2v) is 9.55. The van der Waals surface area contributed by atoms with Crippen LogP contribution in [0.15, 0.2) is 77.8 Å². The van der Waals surface area contributed by atoms with Crippen molar-refractivity contribution in [2.24, 2.45) is 0 Å². The minimum atomic E-state index is 0. The van der Waals surface area contributed by atoms with Crippen molar-refractivity contribution in [2.45, 2.75) is 23.9 Å². The Balaban J connectivity index is 0.000000216. The van der Waals surface area contributed by atoms with E-state index in [-0.39, 0.29) is 24.8 Å². The van der Waals surface area contributed by atoms with Crippen LogP contribution < -0.4 is 24.8 Å². The predicted molar refractivity (Wildman–Crippen MR) is 114 cm³/mol. The SMILES string of the molecule is CCC1=PC2=CC=CC2=C1.Cc1ccc(C2=Cc3ccccc3[CH]2[Zr+2])nc1.[Cl-].[Cl-]. The van der Waals surface area contributed by atoms with Crippen LogP contribution in [0.25, 0.3) is 11.6 Å². The average Bonchev–Trinajstić information content (AvgIpc) is 3.37. The van der Waals surface area contributed by atoms with Gasteiger partial charge >= 0.3 is 117 Å². The van der Waals surface area contributed by atoms with E-state index in [9.17, 15) is 0 Å². The molecule has 1 aromatic carbocycles. The Labute approximate surface area is 202 Å². The Hall–Kier alpha value is -1.04. The van der Waals surface area contributed by atoms with E-state index in [0.29, 0.717) is 3.63 Å². The molecule has 0 saturated heterocycles. The third-order valence-electron chi connectivity index (χ3n) is 4.91. The first-order chi connectivity index (χ1) is 13.2. The van der Waals surface area contributed by atoms with E-state index >= 15 is 0 Å². The fraction of sp³-hybridized carbons (Fsp3) is 0.167. The molecular weight excluding hydrogens is 495 g/mol. The number of aromatic nitrogens is 1. The molecule has 0 N–H and O–H groups in total. The molecule has 0 saturated carbocycles. The second-order valence-electron chi connectivity index (χ2n) is 6.85. The number of benzene rings is 1. The van der Waals surface area contributed by atoms with E-state index in [4.69, 9.17) is 0 Å². The molecule has 1 nitrogen and oxygen atoms in total. The summed E-state index contributed by atoms with van der Waals surface area (Å²) in [5.74, 6) is 0. The fourth-order valence-electron chi connectivity index (χ4n) is 3.38. The molecule has 1 aliphatic heterocycles. The molecule has 5 rings (SSSR count). The Morgan fingerprint density at radius 1 is 1.07 bits per heavy atom. The molecule has 2 aromatic rings. The van der Waals surface area contributed by atoms with Crippen LogP contribution in [0.1, 0.15) is 39.4 Å². The van der Waals surface area contributed by atoms with Crippen molar-refractivity contribution in [1.29, 1.82) is 0 Å². The average molecular weight is 517 g/mol. The van der Waals surface area contributed by atoms with Crippen LogP contribution in [0, 0.1) is 6.92 Å². The minimum Gasteiger partial charge on any atom is -1.00 e. The number of nitrogens with zero attached hydrogens (tertiary/aromatic N) is 1. The molecule has 0 radical (unpaired) electrons. The summed E-state index contributed by atoms with van der Waals surface area (Å²) >= 11 is 1.53. The topological polar surface area (TPSA) is 12.9 Å². The number of rotatable bonds is 2. The monoisotopic (exact) mass is 514 g/mol. The Morgan fingerprint density at radius 2 is 1.86 bits per heavy atom. The van der Waals surface area contributed by atoms with Gasteiger partial charge in [0.2, 0.25) is 0 Å². The summed E-state index contributed by atoms with van der Waals surface area (Å²) in [6.45, 7) is 4.29. The number of allylic oxidation sites excluding steroid dienone is 7. The van der Waals surface area contributed by atoms with Crippen LogP contribution in [0.3, 0.4) is 0 Å². The molecule has 0 spiro atoms. The molecule has 0 amide bonds. The van der Waals surface area contributed by atoms with Crippen molar-refractivity contribution < 1.29 is 49.5 Å². The number of pyridine rings is 1. The summed E-state index contributed by atoms with van der Waals surface area (Å²) in [5, 5.41) is 3.03. The Morgan fingerprint density at radius 3 is 2.52 bits per heavy atom. The Bertz CT molecular complexity index is 1030. The van der Waals surface area contributed by atoms with Gasteiger partial charge in [0, 0.05) is 5.31 Å². The molecular formula is C24H21Cl2NPZr. The van der Waals surface area contributed by atoms with E-state index < -0.39 is 0 Å². The van der Waals surface area contributed by atoms with Gasteiger partial charge in [0.1, 0.15) is 0 Å². The number of hydrogen-bond donors (Lipinski definition) is 0. The number of halogens is 2. The molecule has 3 aliphatic rings. The second kappa shape index (κ2) is 10.8. The van der Waals surface area contributed by atoms with Crippen LogP contribution in [-0.2, 0) is 24.7 Å². The maximum absolute atomic E-state index is 4.54. The van der Waals surface area contributed by atoms with Gasteiger partial charge in [-0.15, -0.1) is 0 Å². The van der Waals surface area contributed by atoms with Crippen LogP contribution in [0.2, 0.25) is 0 Å². The molecule has 1 atom stereocenters. The van der Waals surface area contributed by atoms with Crippen molar-refractivity contribution in [2.75, 3.05) is 0 Å². The summed E-state index contributed by atoms with van der Waals surface area (Å²) in [6.07, 6.45) is 14.2. The quantitative estimate of drug-likeness (QED) is 0.529. The van der Waals surface area contributed by atoms with Gasteiger partial charge in [0.05, 0.1) is 0 Å². The van der Waals surface area contributed by atoms with Crippen LogP contribution >= 0.6 is 8.20 Å². The van der Waals surface area contributed by atoms with Gasteiger partial charge in [-0.1, -0.05) is 27.3 Å². The summed E-state index contributed by atoms with van der Waals surface area (Å²) in [6, 6.07) is 12.9. The molecule has 5 heteroatoms. The first-order valence-electron chi connectivity index (χ1n) is 9.28. The molecule has 0 fully saturated rings. The van der Waals surface area contributed by atoms with Gasteiger partial charge in [-0.05, 0) is 29.4 Å². The normalized spacial score (nSPS) is 18.0. The molecule has 0 bridgehead atoms. The maximum Gasteiger partial charge on any atom is -1.00 e. The van der Waals surface area contributed by atoms with Gasteiger partial charge in [-0.25, -0.2) is 0 Å². The zero-order valence-corrected chi connectivity index (χ0v) is 21.2. The fourth-order valence-corrected chi connectivity index (χ4v) is 5.69. The smallest absolute Gasteiger partial charge is 1.00 e. The van der Waals surface area contributed by atoms with Crippen molar-refractivity contribution in [3.63, 3.8) is 0 Å². The molecule has 1 aromatic heterocycles. The molecule has 29 heavy (non-hydrogen) atoms. The minimum absolute atomic E-state index is 0. The summed E-state index contributed by atoms with van der Waals surface area (Å²) in [7, 11) is 1.43. The number of fused-ring (bicyclic) bond motifs is 2. The Kier molecular flexibility index (Phi) is 9.05. The zero-order chi connectivity index (χ0) is 18.8. The van der Waals surface area contributed by atoms with E-state index in [0.717, 1.165) is 5.69 Å². The standard InChI is InChI=1S/C15H12N.C9H9P.2ClH.Zr/c1-11-6-7-15(16-10-11)14-8-12-4-2-3-5-13(12)9-14;1-2-8-6-7-4-3-5-9(7)10-8;;;/h2-10H,1H3;3-6H,2H2,1H3;2*1H;/q;;;;+2/p-2. The number of hydrogen-bond acceptors (Lipinski definition) is 1. The largest absolute Gasteiger partial charge is 1.00 e. The van der Waals surface area contributed by atoms with Gasteiger partial charge in [0.25, 0.3) is 0 Å². The molecule has 2 aliphatic carbocycles. The first kappa shape index (κ1) is 24.2. The predicted octanol–water partition coefficient (Wildman–Crippen LogP) is 0.449. The first-order valence-corrected chi connectivity index (χ1v) is 11.6. The molecule has 145 valence electrons. The van der Waals surface area contributed by atoms with Gasteiger partial charge in [-0.2, -0.15) is 0 Å². The van der Waals surface area contributed by atoms with E-state index in [1.54, 1.807) is 5.29 Å². The van der Waals surface area contributed by atoms with E-state index in [2.05, 4.69) is 85.6 Å². The maximum atomic E-state index is 4.54. The number of aryl methyl sites for hydroxylation is 1.